The molecule has 0 spiro atoms. The van der Waals surface area contributed by atoms with Gasteiger partial charge in [0.2, 0.25) is 0 Å². The second kappa shape index (κ2) is 3.12. The first kappa shape index (κ1) is 8.38. The summed E-state index contributed by atoms with van der Waals surface area (Å²) in [7, 11) is 0. The zero-order valence-electron chi connectivity index (χ0n) is 6.24. The Morgan fingerprint density at radius 2 is 1.60 bits per heavy atom. The molecular formula is C8H12OsP. The molecule has 0 nitrogen and oxygen atoms in total. The van der Waals surface area contributed by atoms with Crippen LogP contribution in [0.5, 0.6) is 0 Å². The fourth-order valence-corrected chi connectivity index (χ4v) is 3.08. The van der Waals surface area contributed by atoms with E-state index in [1.165, 1.54) is 0 Å². The Balaban J connectivity index is 2.97. The van der Waals surface area contributed by atoms with E-state index in [0.717, 1.165) is 0 Å². The molecule has 0 fully saturated rings. The van der Waals surface area contributed by atoms with Crippen molar-refractivity contribution in [1.29, 1.82) is 0 Å². The molecular weight excluding hydrogens is 317 g/mol. The van der Waals surface area contributed by atoms with Gasteiger partial charge in [-0.15, -0.1) is 0 Å². The van der Waals surface area contributed by atoms with E-state index >= 15 is 0 Å². The van der Waals surface area contributed by atoms with Gasteiger partial charge in [0.25, 0.3) is 0 Å². The Hall–Kier alpha value is 0.286. The van der Waals surface area contributed by atoms with Crippen LogP contribution in [0.4, 0.5) is 0 Å². The summed E-state index contributed by atoms with van der Waals surface area (Å²) in [4.78, 5) is 0. The van der Waals surface area contributed by atoms with E-state index in [9.17, 15) is 0 Å². The summed E-state index contributed by atoms with van der Waals surface area (Å²) in [5, 5.41) is 1.55. The van der Waals surface area contributed by atoms with Crippen LogP contribution < -0.4 is 5.30 Å². The predicted molar refractivity (Wildman–Crippen MR) is 46.2 cm³/mol. The van der Waals surface area contributed by atoms with Crippen molar-refractivity contribution >= 4 is 10.9 Å². The Morgan fingerprint density at radius 1 is 1.10 bits per heavy atom. The molecule has 0 radical (unpaired) electrons. The van der Waals surface area contributed by atoms with E-state index < -0.39 is 5.55 Å². The van der Waals surface area contributed by atoms with E-state index in [0.29, 0.717) is 0 Å². The number of hydrogen-bond donors (Lipinski definition) is 0. The number of hydrogen-bond acceptors (Lipinski definition) is 0. The Bertz CT molecular complexity index is 200. The first-order chi connectivity index (χ1) is 4.61. The molecule has 0 saturated carbocycles. The van der Waals surface area contributed by atoms with Crippen molar-refractivity contribution in [3.63, 3.8) is 0 Å². The molecule has 0 aliphatic carbocycles. The molecule has 10 heavy (non-hydrogen) atoms. The second-order valence-electron chi connectivity index (χ2n) is 2.81. The third-order valence-electron chi connectivity index (χ3n) is 1.45. The third-order valence-corrected chi connectivity index (χ3v) is 5.35. The monoisotopic (exact) mass is 331 g/mol. The summed E-state index contributed by atoms with van der Waals surface area (Å²) in [5.41, 5.74) is -1.01. The minimum atomic E-state index is -1.01. The maximum atomic E-state index is 2.38. The van der Waals surface area contributed by atoms with Gasteiger partial charge in [0.1, 0.15) is 0 Å². The molecule has 1 aromatic rings. The fraction of sp³-hybridized carbons (Fsp3) is 0.250. The predicted octanol–water partition coefficient (Wildman–Crippen LogP) is 1.78. The van der Waals surface area contributed by atoms with Gasteiger partial charge in [-0.2, -0.15) is 0 Å². The normalized spacial score (nSPS) is 13.1. The fourth-order valence-electron chi connectivity index (χ4n) is 0.830. The first-order valence-corrected chi connectivity index (χ1v) is 10.0. The number of benzene rings is 1. The van der Waals surface area contributed by atoms with Crippen LogP contribution in [-0.2, 0) is 18.1 Å². The topological polar surface area (TPSA) is 0 Å². The van der Waals surface area contributed by atoms with Gasteiger partial charge in [0.15, 0.2) is 0 Å². The third kappa shape index (κ3) is 2.16. The van der Waals surface area contributed by atoms with Crippen LogP contribution in [0.25, 0.3) is 0 Å². The van der Waals surface area contributed by atoms with Crippen molar-refractivity contribution in [2.75, 3.05) is 13.3 Å². The molecule has 0 aliphatic rings. The molecule has 0 N–H and O–H groups in total. The summed E-state index contributed by atoms with van der Waals surface area (Å²) in [6.07, 6.45) is 0. The van der Waals surface area contributed by atoms with Gasteiger partial charge in [0.05, 0.1) is 0 Å². The summed E-state index contributed by atoms with van der Waals surface area (Å²) in [6, 6.07) is 10.8. The van der Waals surface area contributed by atoms with E-state index in [2.05, 4.69) is 61.8 Å². The van der Waals surface area contributed by atoms with Crippen LogP contribution in [0, 0.1) is 0 Å². The molecule has 0 aromatic heterocycles. The molecule has 0 unspecified atom stereocenters. The van der Waals surface area contributed by atoms with Crippen molar-refractivity contribution in [2.45, 2.75) is 0 Å². The standard InChI is InChI=1S/C8H11P.Os/c1-9(2)8-6-4-3-5-7-8;/h3-7H,1-2H3;/q;-1/p+1. The van der Waals surface area contributed by atoms with E-state index in [1.54, 1.807) is 5.30 Å². The van der Waals surface area contributed by atoms with E-state index in [-0.39, 0.29) is 0 Å². The molecule has 57 valence electrons. The number of rotatable bonds is 1. The van der Waals surface area contributed by atoms with Gasteiger partial charge in [-0.25, -0.2) is 0 Å². The van der Waals surface area contributed by atoms with Gasteiger partial charge in [-0.3, -0.25) is 0 Å². The Kier molecular flexibility index (Phi) is 2.62. The van der Waals surface area contributed by atoms with Crippen LogP contribution in [-0.4, -0.2) is 13.3 Å². The average Bonchev–Trinajstić information content (AvgIpc) is 1.88. The van der Waals surface area contributed by atoms with Gasteiger partial charge in [0, 0.05) is 0 Å². The van der Waals surface area contributed by atoms with Crippen LogP contribution in [0.3, 0.4) is 0 Å². The van der Waals surface area contributed by atoms with Crippen molar-refractivity contribution in [3.05, 3.63) is 30.3 Å². The summed E-state index contributed by atoms with van der Waals surface area (Å²) in [5.74, 6) is 0. The van der Waals surface area contributed by atoms with Crippen molar-refractivity contribution in [1.82, 2.24) is 0 Å². The van der Waals surface area contributed by atoms with Crippen LogP contribution in [0.2, 0.25) is 0 Å². The summed E-state index contributed by atoms with van der Waals surface area (Å²) in [6.45, 7) is 4.75. The Morgan fingerprint density at radius 3 is 1.90 bits per heavy atom. The SMILES string of the molecule is C[PH](C)([Os])c1ccccc1. The molecule has 0 amide bonds. The van der Waals surface area contributed by atoms with Gasteiger partial charge in [-0.05, 0) is 0 Å². The van der Waals surface area contributed by atoms with E-state index in [4.69, 9.17) is 0 Å². The van der Waals surface area contributed by atoms with Crippen LogP contribution >= 0.6 is 5.55 Å². The second-order valence-corrected chi connectivity index (χ2v) is 15.8. The van der Waals surface area contributed by atoms with Crippen molar-refractivity contribution in [3.8, 4) is 0 Å². The van der Waals surface area contributed by atoms with Crippen LogP contribution in [0.15, 0.2) is 30.3 Å². The molecule has 0 atom stereocenters. The van der Waals surface area contributed by atoms with Crippen molar-refractivity contribution in [2.24, 2.45) is 0 Å². The Labute approximate surface area is 72.8 Å². The molecule has 0 heterocycles. The van der Waals surface area contributed by atoms with E-state index in [1.807, 2.05) is 0 Å². The zero-order valence-corrected chi connectivity index (χ0v) is 9.78. The summed E-state index contributed by atoms with van der Waals surface area (Å²) >= 11 is 2.16. The minimum absolute atomic E-state index is 1.01. The summed E-state index contributed by atoms with van der Waals surface area (Å²) < 4.78 is 0. The quantitative estimate of drug-likeness (QED) is 0.689. The van der Waals surface area contributed by atoms with Gasteiger partial charge in [-0.1, -0.05) is 0 Å². The van der Waals surface area contributed by atoms with Gasteiger partial charge >= 0.3 is 72.6 Å². The molecule has 0 bridgehead atoms. The zero-order chi connectivity index (χ0) is 7.61. The molecule has 0 saturated heterocycles. The molecule has 2 heteroatoms. The van der Waals surface area contributed by atoms with Crippen LogP contribution in [0.1, 0.15) is 0 Å². The average molecular weight is 329 g/mol. The maximum absolute atomic E-state index is 2.38. The molecule has 0 aliphatic heterocycles. The molecule has 1 rings (SSSR count). The first-order valence-electron chi connectivity index (χ1n) is 3.34. The molecule has 1 aromatic carbocycles. The van der Waals surface area contributed by atoms with Gasteiger partial charge < -0.3 is 0 Å². The van der Waals surface area contributed by atoms with Crippen molar-refractivity contribution < 1.29 is 18.1 Å².